The van der Waals surface area contributed by atoms with Gasteiger partial charge < -0.3 is 10.6 Å². The van der Waals surface area contributed by atoms with Gasteiger partial charge in [0.2, 0.25) is 5.91 Å². The third-order valence-corrected chi connectivity index (χ3v) is 4.24. The summed E-state index contributed by atoms with van der Waals surface area (Å²) in [5.41, 5.74) is 1.31. The zero-order valence-corrected chi connectivity index (χ0v) is 13.8. The summed E-state index contributed by atoms with van der Waals surface area (Å²) in [4.78, 5) is 12.2. The van der Waals surface area contributed by atoms with E-state index < -0.39 is 0 Å². The summed E-state index contributed by atoms with van der Waals surface area (Å²) in [6.07, 6.45) is 1.92. The van der Waals surface area contributed by atoms with Crippen LogP contribution in [-0.2, 0) is 4.79 Å². The molecule has 0 radical (unpaired) electrons. The Bertz CT molecular complexity index is 416. The Kier molecular flexibility index (Phi) is 7.76. The van der Waals surface area contributed by atoms with Crippen molar-refractivity contribution in [1.82, 2.24) is 10.6 Å². The number of hydrogen-bond acceptors (Lipinski definition) is 2. The van der Waals surface area contributed by atoms with E-state index in [4.69, 9.17) is 0 Å². The Morgan fingerprint density at radius 1 is 1.24 bits per heavy atom. The molecule has 2 N–H and O–H groups in total. The molecule has 4 heteroatoms. The van der Waals surface area contributed by atoms with E-state index in [0.717, 1.165) is 32.5 Å². The van der Waals surface area contributed by atoms with Gasteiger partial charge in [0.05, 0.1) is 0 Å². The van der Waals surface area contributed by atoms with Gasteiger partial charge in [0.15, 0.2) is 0 Å². The van der Waals surface area contributed by atoms with Gasteiger partial charge in [0.1, 0.15) is 0 Å². The Morgan fingerprint density at radius 2 is 1.86 bits per heavy atom. The van der Waals surface area contributed by atoms with Gasteiger partial charge in [-0.3, -0.25) is 4.79 Å². The van der Waals surface area contributed by atoms with Crippen molar-refractivity contribution in [1.29, 1.82) is 0 Å². The highest BCUT2D eigenvalue weighted by atomic mass is 35.5. The summed E-state index contributed by atoms with van der Waals surface area (Å²) < 4.78 is 0. The van der Waals surface area contributed by atoms with Crippen LogP contribution in [0.4, 0.5) is 0 Å². The maximum atomic E-state index is 12.2. The molecule has 21 heavy (non-hydrogen) atoms. The Morgan fingerprint density at radius 3 is 2.43 bits per heavy atom. The van der Waals surface area contributed by atoms with Crippen molar-refractivity contribution in [3.8, 4) is 0 Å². The molecule has 1 aliphatic heterocycles. The van der Waals surface area contributed by atoms with Crippen molar-refractivity contribution in [2.45, 2.75) is 32.6 Å². The van der Waals surface area contributed by atoms with Crippen molar-refractivity contribution in [3.05, 3.63) is 35.9 Å². The highest BCUT2D eigenvalue weighted by molar-refractivity contribution is 5.85. The summed E-state index contributed by atoms with van der Waals surface area (Å²) in [7, 11) is 0. The van der Waals surface area contributed by atoms with Gasteiger partial charge in [0.25, 0.3) is 0 Å². The Balaban J connectivity index is 0.00000220. The predicted molar refractivity (Wildman–Crippen MR) is 89.9 cm³/mol. The van der Waals surface area contributed by atoms with E-state index in [1.165, 1.54) is 5.56 Å². The molecule has 1 unspecified atom stereocenters. The maximum absolute atomic E-state index is 12.2. The van der Waals surface area contributed by atoms with Crippen LogP contribution in [0.3, 0.4) is 0 Å². The molecule has 0 aromatic heterocycles. The predicted octanol–water partition coefficient (Wildman–Crippen LogP) is 2.96. The second kappa shape index (κ2) is 9.06. The molecular weight excluding hydrogens is 284 g/mol. The SMILES string of the molecule is CC(C)C(CNC(=O)C1CCNCC1)c1ccccc1.Cl. The van der Waals surface area contributed by atoms with E-state index in [1.54, 1.807) is 0 Å². The molecular formula is C17H27ClN2O. The summed E-state index contributed by atoms with van der Waals surface area (Å²) in [5, 5.41) is 6.46. The van der Waals surface area contributed by atoms with Crippen molar-refractivity contribution >= 4 is 18.3 Å². The first-order chi connectivity index (χ1) is 9.68. The van der Waals surface area contributed by atoms with Gasteiger partial charge in [-0.1, -0.05) is 44.2 Å². The van der Waals surface area contributed by atoms with E-state index in [0.29, 0.717) is 11.8 Å². The highest BCUT2D eigenvalue weighted by Crippen LogP contribution is 2.23. The second-order valence-electron chi connectivity index (χ2n) is 6.03. The van der Waals surface area contributed by atoms with Crippen molar-refractivity contribution in [2.24, 2.45) is 11.8 Å². The summed E-state index contributed by atoms with van der Waals surface area (Å²) in [6, 6.07) is 10.5. The fourth-order valence-corrected chi connectivity index (χ4v) is 2.88. The first kappa shape index (κ1) is 18.0. The van der Waals surface area contributed by atoms with Gasteiger partial charge in [-0.25, -0.2) is 0 Å². The highest BCUT2D eigenvalue weighted by Gasteiger charge is 2.22. The van der Waals surface area contributed by atoms with Crippen LogP contribution in [-0.4, -0.2) is 25.5 Å². The molecule has 0 saturated carbocycles. The van der Waals surface area contributed by atoms with Crippen LogP contribution < -0.4 is 10.6 Å². The van der Waals surface area contributed by atoms with Gasteiger partial charge >= 0.3 is 0 Å². The van der Waals surface area contributed by atoms with Crippen LogP contribution in [0.1, 0.15) is 38.2 Å². The van der Waals surface area contributed by atoms with Crippen molar-refractivity contribution in [2.75, 3.05) is 19.6 Å². The lowest BCUT2D eigenvalue weighted by atomic mass is 9.88. The lowest BCUT2D eigenvalue weighted by Gasteiger charge is -2.25. The quantitative estimate of drug-likeness (QED) is 0.878. The average Bonchev–Trinajstić information content (AvgIpc) is 2.49. The van der Waals surface area contributed by atoms with Crippen LogP contribution >= 0.6 is 12.4 Å². The molecule has 1 atom stereocenters. The number of hydrogen-bond donors (Lipinski definition) is 2. The number of nitrogens with one attached hydrogen (secondary N) is 2. The average molecular weight is 311 g/mol. The van der Waals surface area contributed by atoms with Gasteiger partial charge in [0, 0.05) is 18.4 Å². The Hall–Kier alpha value is -1.06. The number of amides is 1. The lowest BCUT2D eigenvalue weighted by Crippen LogP contribution is -2.40. The van der Waals surface area contributed by atoms with E-state index in [-0.39, 0.29) is 24.2 Å². The van der Waals surface area contributed by atoms with E-state index in [2.05, 4.69) is 48.7 Å². The molecule has 1 aromatic carbocycles. The van der Waals surface area contributed by atoms with Gasteiger partial charge in [-0.2, -0.15) is 0 Å². The summed E-state index contributed by atoms with van der Waals surface area (Å²) >= 11 is 0. The van der Waals surface area contributed by atoms with E-state index in [9.17, 15) is 4.79 Å². The molecule has 118 valence electrons. The molecule has 3 nitrogen and oxygen atoms in total. The molecule has 1 heterocycles. The third kappa shape index (κ3) is 5.33. The minimum atomic E-state index is 0. The zero-order chi connectivity index (χ0) is 14.4. The smallest absolute Gasteiger partial charge is 0.223 e. The number of carbonyl (C=O) groups excluding carboxylic acids is 1. The van der Waals surface area contributed by atoms with E-state index >= 15 is 0 Å². The maximum Gasteiger partial charge on any atom is 0.223 e. The normalized spacial score (nSPS) is 17.1. The molecule has 1 aromatic rings. The number of halogens is 1. The number of piperidine rings is 1. The van der Waals surface area contributed by atoms with E-state index in [1.807, 2.05) is 6.07 Å². The minimum absolute atomic E-state index is 0. The number of rotatable bonds is 5. The topological polar surface area (TPSA) is 41.1 Å². The van der Waals surface area contributed by atoms with Crippen LogP contribution in [0.2, 0.25) is 0 Å². The first-order valence-corrected chi connectivity index (χ1v) is 7.72. The largest absolute Gasteiger partial charge is 0.355 e. The van der Waals surface area contributed by atoms with Crippen molar-refractivity contribution in [3.63, 3.8) is 0 Å². The summed E-state index contributed by atoms with van der Waals surface area (Å²) in [6.45, 7) is 7.10. The van der Waals surface area contributed by atoms with Gasteiger partial charge in [-0.05, 0) is 37.4 Å². The first-order valence-electron chi connectivity index (χ1n) is 7.72. The lowest BCUT2D eigenvalue weighted by molar-refractivity contribution is -0.125. The second-order valence-corrected chi connectivity index (χ2v) is 6.03. The number of carbonyl (C=O) groups is 1. The molecule has 1 fully saturated rings. The molecule has 0 spiro atoms. The van der Waals surface area contributed by atoms with Crippen molar-refractivity contribution < 1.29 is 4.79 Å². The van der Waals surface area contributed by atoms with Crippen LogP contribution in [0.25, 0.3) is 0 Å². The molecule has 1 amide bonds. The van der Waals surface area contributed by atoms with Crippen LogP contribution in [0.5, 0.6) is 0 Å². The third-order valence-electron chi connectivity index (χ3n) is 4.24. The molecule has 1 aliphatic rings. The molecule has 1 saturated heterocycles. The van der Waals surface area contributed by atoms with Crippen LogP contribution in [0.15, 0.2) is 30.3 Å². The number of benzene rings is 1. The standard InChI is InChI=1S/C17H26N2O.ClH/c1-13(2)16(14-6-4-3-5-7-14)12-19-17(20)15-8-10-18-11-9-15;/h3-7,13,15-16,18H,8-12H2,1-2H3,(H,19,20);1H. The molecule has 0 bridgehead atoms. The fraction of sp³-hybridized carbons (Fsp3) is 0.588. The summed E-state index contributed by atoms with van der Waals surface area (Å²) in [5.74, 6) is 1.33. The molecule has 0 aliphatic carbocycles. The fourth-order valence-electron chi connectivity index (χ4n) is 2.88. The van der Waals surface area contributed by atoms with Gasteiger partial charge in [-0.15, -0.1) is 12.4 Å². The zero-order valence-electron chi connectivity index (χ0n) is 13.0. The van der Waals surface area contributed by atoms with Crippen LogP contribution in [0, 0.1) is 11.8 Å². The molecule has 2 rings (SSSR count). The minimum Gasteiger partial charge on any atom is -0.355 e. The Labute approximate surface area is 134 Å². The monoisotopic (exact) mass is 310 g/mol.